The largest absolute Gasteiger partial charge is 0.493 e. The topological polar surface area (TPSA) is 117 Å². The number of nitrogens with one attached hydrogen (secondary N) is 3. The van der Waals surface area contributed by atoms with E-state index in [9.17, 15) is 13.6 Å². The first-order valence-electron chi connectivity index (χ1n) is 12.6. The molecule has 4 rings (SSSR count). The maximum Gasteiger partial charge on any atom is 0.230 e. The van der Waals surface area contributed by atoms with Gasteiger partial charge in [0.15, 0.2) is 17.3 Å². The Morgan fingerprint density at radius 3 is 2.65 bits per heavy atom. The molecule has 2 heterocycles. The zero-order valence-electron chi connectivity index (χ0n) is 22.1. The highest BCUT2D eigenvalue weighted by Gasteiger charge is 2.14. The van der Waals surface area contributed by atoms with E-state index in [1.165, 1.54) is 6.33 Å². The number of aromatic nitrogens is 4. The fourth-order valence-corrected chi connectivity index (χ4v) is 4.03. The molecule has 0 aliphatic carbocycles. The number of fused-ring (bicyclic) bond motifs is 1. The second kappa shape index (κ2) is 13.3. The van der Waals surface area contributed by atoms with Gasteiger partial charge in [0.2, 0.25) is 5.91 Å². The van der Waals surface area contributed by atoms with Crippen LogP contribution in [-0.2, 0) is 11.2 Å². The molecule has 12 heteroatoms. The number of H-pyrrole nitrogens is 1. The van der Waals surface area contributed by atoms with Gasteiger partial charge in [0.05, 0.1) is 32.2 Å². The van der Waals surface area contributed by atoms with Crippen molar-refractivity contribution in [2.45, 2.75) is 19.8 Å². The van der Waals surface area contributed by atoms with E-state index in [1.807, 2.05) is 0 Å². The molecule has 0 spiro atoms. The Bertz CT molecular complexity index is 1500. The third kappa shape index (κ3) is 7.42. The van der Waals surface area contributed by atoms with E-state index >= 15 is 0 Å². The zero-order chi connectivity index (χ0) is 28.5. The van der Waals surface area contributed by atoms with Crippen molar-refractivity contribution >= 4 is 34.1 Å². The maximum atomic E-state index is 13.4. The first-order valence-corrected chi connectivity index (χ1v) is 12.6. The van der Waals surface area contributed by atoms with Crippen LogP contribution in [0.5, 0.6) is 11.5 Å². The van der Waals surface area contributed by atoms with Gasteiger partial charge >= 0.3 is 0 Å². The fourth-order valence-electron chi connectivity index (χ4n) is 4.03. The molecule has 0 fully saturated rings. The molecule has 1 amide bonds. The summed E-state index contributed by atoms with van der Waals surface area (Å²) >= 11 is 0. The standard InChI is InChI=1S/C28H29F2N7O3/c1-4-7-37(5-2)8-6-9-40-25-16-23-22(15-24(25)39-3)28(32-17-31-23)34-26-13-21(35-36-26)14-27(38)33-20-11-18(29)10-19(30)12-20/h1,10-13,15-17H,5-9,14H2,2-3H3,(H,33,38)(H2,31,32,34,35,36). The van der Waals surface area contributed by atoms with Gasteiger partial charge in [0.1, 0.15) is 23.8 Å². The Labute approximate surface area is 230 Å². The van der Waals surface area contributed by atoms with Gasteiger partial charge in [-0.05, 0) is 31.2 Å². The van der Waals surface area contributed by atoms with Crippen LogP contribution in [-0.4, -0.2) is 64.3 Å². The number of methoxy groups -OCH3 is 1. The summed E-state index contributed by atoms with van der Waals surface area (Å²) in [6.07, 6.45) is 7.53. The molecule has 3 N–H and O–H groups in total. The summed E-state index contributed by atoms with van der Waals surface area (Å²) < 4.78 is 38.3. The van der Waals surface area contributed by atoms with Crippen LogP contribution in [0.1, 0.15) is 19.0 Å². The van der Waals surface area contributed by atoms with Crippen molar-refractivity contribution in [2.24, 2.45) is 0 Å². The molecule has 0 radical (unpaired) electrons. The summed E-state index contributed by atoms with van der Waals surface area (Å²) in [7, 11) is 1.56. The van der Waals surface area contributed by atoms with Crippen LogP contribution >= 0.6 is 0 Å². The molecule has 0 saturated heterocycles. The van der Waals surface area contributed by atoms with Crippen molar-refractivity contribution in [3.63, 3.8) is 0 Å². The summed E-state index contributed by atoms with van der Waals surface area (Å²) in [6, 6.07) is 8.00. The number of terminal acetylenes is 1. The Morgan fingerprint density at radius 2 is 1.93 bits per heavy atom. The number of ether oxygens (including phenoxy) is 2. The summed E-state index contributed by atoms with van der Waals surface area (Å²) in [5.74, 6) is 2.59. The van der Waals surface area contributed by atoms with Crippen LogP contribution in [0, 0.1) is 24.0 Å². The number of hydrogen-bond acceptors (Lipinski definition) is 8. The molecule has 2 aromatic carbocycles. The van der Waals surface area contributed by atoms with Gasteiger partial charge in [-0.15, -0.1) is 6.42 Å². The van der Waals surface area contributed by atoms with Crippen LogP contribution in [0.25, 0.3) is 10.9 Å². The predicted molar refractivity (Wildman–Crippen MR) is 148 cm³/mol. The van der Waals surface area contributed by atoms with Gasteiger partial charge in [-0.2, -0.15) is 5.10 Å². The van der Waals surface area contributed by atoms with Crippen LogP contribution in [0.3, 0.4) is 0 Å². The number of carbonyl (C=O) groups excluding carboxylic acids is 1. The molecular formula is C28H29F2N7O3. The first kappa shape index (κ1) is 28.3. The molecule has 0 aliphatic heterocycles. The molecule has 208 valence electrons. The van der Waals surface area contributed by atoms with Crippen LogP contribution in [0.15, 0.2) is 42.7 Å². The van der Waals surface area contributed by atoms with E-state index in [4.69, 9.17) is 15.9 Å². The van der Waals surface area contributed by atoms with Crippen LogP contribution < -0.4 is 20.1 Å². The van der Waals surface area contributed by atoms with Gasteiger partial charge in [0.25, 0.3) is 0 Å². The summed E-state index contributed by atoms with van der Waals surface area (Å²) in [5.41, 5.74) is 1.14. The number of anilines is 3. The molecule has 40 heavy (non-hydrogen) atoms. The van der Waals surface area contributed by atoms with Crippen molar-refractivity contribution in [2.75, 3.05) is 44.0 Å². The lowest BCUT2D eigenvalue weighted by atomic mass is 10.2. The highest BCUT2D eigenvalue weighted by Crippen LogP contribution is 2.34. The lowest BCUT2D eigenvalue weighted by Gasteiger charge is -2.18. The van der Waals surface area contributed by atoms with E-state index in [0.29, 0.717) is 52.9 Å². The van der Waals surface area contributed by atoms with E-state index < -0.39 is 17.5 Å². The molecule has 0 atom stereocenters. The second-order valence-electron chi connectivity index (χ2n) is 8.80. The van der Waals surface area contributed by atoms with Crippen LogP contribution in [0.2, 0.25) is 0 Å². The van der Waals surface area contributed by atoms with Gasteiger partial charge < -0.3 is 20.1 Å². The number of nitrogens with zero attached hydrogens (tertiary/aromatic N) is 4. The molecular weight excluding hydrogens is 520 g/mol. The van der Waals surface area contributed by atoms with E-state index in [-0.39, 0.29) is 12.1 Å². The van der Waals surface area contributed by atoms with Crippen LogP contribution in [0.4, 0.5) is 26.1 Å². The fraction of sp³-hybridized carbons (Fsp3) is 0.286. The summed E-state index contributed by atoms with van der Waals surface area (Å²) in [4.78, 5) is 23.2. The highest BCUT2D eigenvalue weighted by atomic mass is 19.1. The third-order valence-corrected chi connectivity index (χ3v) is 5.93. The smallest absolute Gasteiger partial charge is 0.230 e. The Balaban J connectivity index is 1.41. The van der Waals surface area contributed by atoms with E-state index in [0.717, 1.165) is 37.7 Å². The second-order valence-corrected chi connectivity index (χ2v) is 8.80. The third-order valence-electron chi connectivity index (χ3n) is 5.93. The molecule has 2 aromatic heterocycles. The van der Waals surface area contributed by atoms with Gasteiger partial charge in [-0.3, -0.25) is 14.8 Å². The number of halogens is 2. The van der Waals surface area contributed by atoms with Crippen molar-refractivity contribution in [1.29, 1.82) is 0 Å². The Morgan fingerprint density at radius 1 is 1.12 bits per heavy atom. The molecule has 4 aromatic rings. The monoisotopic (exact) mass is 549 g/mol. The Hall–Kier alpha value is -4.76. The van der Waals surface area contributed by atoms with Gasteiger partial charge in [-0.1, -0.05) is 12.8 Å². The van der Waals surface area contributed by atoms with E-state index in [1.54, 1.807) is 25.3 Å². The van der Waals surface area contributed by atoms with Gasteiger partial charge in [0, 0.05) is 41.5 Å². The SMILES string of the molecule is C#CCN(CC)CCCOc1cc2ncnc(Nc3cc(CC(=O)Nc4cc(F)cc(F)c4)[nH]n3)c2cc1OC. The minimum atomic E-state index is -0.782. The average Bonchev–Trinajstić information content (AvgIpc) is 3.35. The quantitative estimate of drug-likeness (QED) is 0.167. The summed E-state index contributed by atoms with van der Waals surface area (Å²) in [6.45, 7) is 4.84. The number of hydrogen-bond donors (Lipinski definition) is 3. The average molecular weight is 550 g/mol. The molecule has 10 nitrogen and oxygen atoms in total. The minimum Gasteiger partial charge on any atom is -0.493 e. The molecule has 0 aliphatic rings. The highest BCUT2D eigenvalue weighted by molar-refractivity contribution is 5.93. The maximum absolute atomic E-state index is 13.4. The zero-order valence-corrected chi connectivity index (χ0v) is 22.1. The first-order chi connectivity index (χ1) is 19.4. The number of amides is 1. The number of carbonyl (C=O) groups is 1. The minimum absolute atomic E-state index is 0.0249. The van der Waals surface area contributed by atoms with Gasteiger partial charge in [-0.25, -0.2) is 18.7 Å². The van der Waals surface area contributed by atoms with Crippen molar-refractivity contribution in [3.8, 4) is 23.8 Å². The predicted octanol–water partition coefficient (Wildman–Crippen LogP) is 4.29. The number of aromatic amines is 1. The molecule has 0 unspecified atom stereocenters. The van der Waals surface area contributed by atoms with Crippen molar-refractivity contribution in [1.82, 2.24) is 25.1 Å². The van der Waals surface area contributed by atoms with E-state index in [2.05, 4.69) is 48.5 Å². The van der Waals surface area contributed by atoms with Crippen molar-refractivity contribution in [3.05, 3.63) is 60.1 Å². The lowest BCUT2D eigenvalue weighted by Crippen LogP contribution is -2.26. The Kier molecular flexibility index (Phi) is 9.43. The number of rotatable bonds is 13. The number of benzene rings is 2. The normalized spacial score (nSPS) is 10.9. The molecule has 0 bridgehead atoms. The molecule has 0 saturated carbocycles. The summed E-state index contributed by atoms with van der Waals surface area (Å²) in [5, 5.41) is 13.2. The lowest BCUT2D eigenvalue weighted by molar-refractivity contribution is -0.115. The van der Waals surface area contributed by atoms with Crippen molar-refractivity contribution < 1.29 is 23.0 Å².